The Morgan fingerprint density at radius 2 is 1.75 bits per heavy atom. The molecule has 0 aromatic carbocycles. The van der Waals surface area contributed by atoms with Crippen LogP contribution in [-0.4, -0.2) is 50.9 Å². The van der Waals surface area contributed by atoms with Crippen LogP contribution in [0, 0.1) is 0 Å². The van der Waals surface area contributed by atoms with E-state index in [9.17, 15) is 13.2 Å². The van der Waals surface area contributed by atoms with Crippen LogP contribution < -0.4 is 18.9 Å². The van der Waals surface area contributed by atoms with Gasteiger partial charge in [0.1, 0.15) is 0 Å². The third-order valence-electron chi connectivity index (χ3n) is 2.01. The van der Waals surface area contributed by atoms with Crippen molar-refractivity contribution in [3.05, 3.63) is 6.07 Å². The van der Waals surface area contributed by atoms with Gasteiger partial charge in [-0.1, -0.05) is 0 Å². The largest absolute Gasteiger partial charge is 0.481 e. The van der Waals surface area contributed by atoms with E-state index in [-0.39, 0.29) is 17.8 Å². The maximum absolute atomic E-state index is 11.5. The van der Waals surface area contributed by atoms with Crippen LogP contribution in [0.2, 0.25) is 0 Å². The Bertz CT molecular complexity index is 566. The molecule has 1 unspecified atom stereocenters. The van der Waals surface area contributed by atoms with Gasteiger partial charge in [-0.3, -0.25) is 9.52 Å². The summed E-state index contributed by atoms with van der Waals surface area (Å²) in [5.41, 5.74) is 0. The number of aromatic nitrogens is 2. The van der Waals surface area contributed by atoms with Gasteiger partial charge in [0.25, 0.3) is 5.91 Å². The van der Waals surface area contributed by atoms with Crippen LogP contribution >= 0.6 is 0 Å². The van der Waals surface area contributed by atoms with Crippen LogP contribution in [0.25, 0.3) is 0 Å². The zero-order valence-corrected chi connectivity index (χ0v) is 12.2. The van der Waals surface area contributed by atoms with Crippen LogP contribution in [0.15, 0.2) is 6.07 Å². The van der Waals surface area contributed by atoms with E-state index in [0.717, 1.165) is 6.26 Å². The van der Waals surface area contributed by atoms with Gasteiger partial charge in [0.15, 0.2) is 6.10 Å². The Morgan fingerprint density at radius 3 is 2.15 bits per heavy atom. The van der Waals surface area contributed by atoms with Gasteiger partial charge < -0.3 is 14.2 Å². The molecule has 0 radical (unpaired) electrons. The molecule has 9 nitrogen and oxygen atoms in total. The second kappa shape index (κ2) is 6.37. The molecule has 1 amide bonds. The van der Waals surface area contributed by atoms with E-state index in [1.165, 1.54) is 27.2 Å². The fraction of sp³-hybridized carbons (Fsp3) is 0.500. The second-order valence-electron chi connectivity index (χ2n) is 3.73. The standard InChI is InChI=1S/C10H15N3O6S/c1-6(9(14)13-20(4,15)16)19-10-11-7(17-2)5-8(12-10)18-3/h5-6H,1-4H3,(H,13,14). The molecule has 0 aliphatic heterocycles. The van der Waals surface area contributed by atoms with Crippen molar-refractivity contribution in [2.24, 2.45) is 0 Å². The summed E-state index contributed by atoms with van der Waals surface area (Å²) in [7, 11) is -0.868. The lowest BCUT2D eigenvalue weighted by atomic mass is 10.4. The highest BCUT2D eigenvalue weighted by atomic mass is 32.2. The molecule has 20 heavy (non-hydrogen) atoms. The van der Waals surface area contributed by atoms with E-state index >= 15 is 0 Å². The fourth-order valence-electron chi connectivity index (χ4n) is 1.12. The van der Waals surface area contributed by atoms with E-state index in [1.807, 2.05) is 0 Å². The van der Waals surface area contributed by atoms with Gasteiger partial charge in [0, 0.05) is 0 Å². The maximum atomic E-state index is 11.5. The zero-order chi connectivity index (χ0) is 15.3. The Balaban J connectivity index is 2.84. The quantitative estimate of drug-likeness (QED) is 0.736. The van der Waals surface area contributed by atoms with Crippen molar-refractivity contribution in [1.82, 2.24) is 14.7 Å². The van der Waals surface area contributed by atoms with Gasteiger partial charge >= 0.3 is 6.01 Å². The number of carbonyl (C=O) groups excluding carboxylic acids is 1. The highest BCUT2D eigenvalue weighted by Gasteiger charge is 2.20. The Kier molecular flexibility index (Phi) is 5.08. The highest BCUT2D eigenvalue weighted by molar-refractivity contribution is 7.89. The number of sulfonamides is 1. The summed E-state index contributed by atoms with van der Waals surface area (Å²) in [4.78, 5) is 19.2. The Hall–Kier alpha value is -2.10. The van der Waals surface area contributed by atoms with Gasteiger partial charge in [-0.2, -0.15) is 9.97 Å². The molecular formula is C10H15N3O6S. The smallest absolute Gasteiger partial charge is 0.323 e. The molecule has 0 fully saturated rings. The van der Waals surface area contributed by atoms with E-state index in [1.54, 1.807) is 4.72 Å². The highest BCUT2D eigenvalue weighted by Crippen LogP contribution is 2.19. The van der Waals surface area contributed by atoms with Gasteiger partial charge in [0.05, 0.1) is 26.5 Å². The second-order valence-corrected chi connectivity index (χ2v) is 5.48. The number of nitrogens with zero attached hydrogens (tertiary/aromatic N) is 2. The number of ether oxygens (including phenoxy) is 3. The van der Waals surface area contributed by atoms with Gasteiger partial charge in [-0.15, -0.1) is 0 Å². The first-order valence-electron chi connectivity index (χ1n) is 5.40. The number of amides is 1. The number of rotatable bonds is 6. The zero-order valence-electron chi connectivity index (χ0n) is 11.4. The molecule has 1 rings (SSSR count). The molecule has 1 aromatic rings. The van der Waals surface area contributed by atoms with Crippen molar-refractivity contribution in [2.75, 3.05) is 20.5 Å². The molecule has 0 saturated carbocycles. The molecule has 1 N–H and O–H groups in total. The van der Waals surface area contributed by atoms with Crippen molar-refractivity contribution in [1.29, 1.82) is 0 Å². The summed E-state index contributed by atoms with van der Waals surface area (Å²) in [6.45, 7) is 1.36. The summed E-state index contributed by atoms with van der Waals surface area (Å²) in [5.74, 6) is -0.469. The minimum Gasteiger partial charge on any atom is -0.481 e. The number of nitrogens with one attached hydrogen (secondary N) is 1. The lowest BCUT2D eigenvalue weighted by molar-refractivity contribution is -0.125. The van der Waals surface area contributed by atoms with E-state index in [4.69, 9.17) is 14.2 Å². The predicted octanol–water partition coefficient (Wildman–Crippen LogP) is -0.663. The Morgan fingerprint density at radius 1 is 1.25 bits per heavy atom. The molecule has 1 heterocycles. The monoisotopic (exact) mass is 305 g/mol. The number of hydrogen-bond acceptors (Lipinski definition) is 8. The van der Waals surface area contributed by atoms with Crippen molar-refractivity contribution in [2.45, 2.75) is 13.0 Å². The third-order valence-corrected chi connectivity index (χ3v) is 2.59. The fourth-order valence-corrected chi connectivity index (χ4v) is 1.65. The maximum Gasteiger partial charge on any atom is 0.323 e. The van der Waals surface area contributed by atoms with E-state index in [2.05, 4.69) is 9.97 Å². The molecule has 1 aromatic heterocycles. The van der Waals surface area contributed by atoms with Gasteiger partial charge in [-0.05, 0) is 6.92 Å². The number of hydrogen-bond donors (Lipinski definition) is 1. The molecule has 10 heteroatoms. The lowest BCUT2D eigenvalue weighted by Crippen LogP contribution is -2.39. The SMILES string of the molecule is COc1cc(OC)nc(OC(C)C(=O)NS(C)(=O)=O)n1. The van der Waals surface area contributed by atoms with Crippen molar-refractivity contribution >= 4 is 15.9 Å². The van der Waals surface area contributed by atoms with E-state index < -0.39 is 22.0 Å². The molecule has 0 aliphatic rings. The summed E-state index contributed by atoms with van der Waals surface area (Å²) < 4.78 is 38.6. The average molecular weight is 305 g/mol. The van der Waals surface area contributed by atoms with Crippen molar-refractivity contribution < 1.29 is 27.4 Å². The van der Waals surface area contributed by atoms with Gasteiger partial charge in [-0.25, -0.2) is 8.42 Å². The summed E-state index contributed by atoms with van der Waals surface area (Å²) >= 11 is 0. The Labute approximate surface area is 116 Å². The van der Waals surface area contributed by atoms with Crippen molar-refractivity contribution in [3.63, 3.8) is 0 Å². The first-order valence-corrected chi connectivity index (χ1v) is 7.29. The minimum atomic E-state index is -3.66. The first kappa shape index (κ1) is 16.0. The molecule has 0 aliphatic carbocycles. The molecule has 0 bridgehead atoms. The van der Waals surface area contributed by atoms with Crippen molar-refractivity contribution in [3.8, 4) is 17.8 Å². The summed E-state index contributed by atoms with van der Waals surface area (Å²) in [6, 6.07) is 1.26. The predicted molar refractivity (Wildman–Crippen MR) is 68.2 cm³/mol. The van der Waals surface area contributed by atoms with Crippen LogP contribution in [0.4, 0.5) is 0 Å². The van der Waals surface area contributed by atoms with E-state index in [0.29, 0.717) is 0 Å². The van der Waals surface area contributed by atoms with Crippen LogP contribution in [-0.2, 0) is 14.8 Å². The third kappa shape index (κ3) is 4.88. The normalized spacial score (nSPS) is 12.4. The lowest BCUT2D eigenvalue weighted by Gasteiger charge is -2.13. The topological polar surface area (TPSA) is 117 Å². The molecule has 1 atom stereocenters. The number of methoxy groups -OCH3 is 2. The average Bonchev–Trinajstić information content (AvgIpc) is 2.36. The van der Waals surface area contributed by atoms with Crippen LogP contribution in [0.5, 0.6) is 17.8 Å². The summed E-state index contributed by atoms with van der Waals surface area (Å²) in [5, 5.41) is 0. The van der Waals surface area contributed by atoms with Crippen LogP contribution in [0.3, 0.4) is 0 Å². The van der Waals surface area contributed by atoms with Crippen LogP contribution in [0.1, 0.15) is 6.92 Å². The molecular weight excluding hydrogens is 290 g/mol. The van der Waals surface area contributed by atoms with Gasteiger partial charge in [0.2, 0.25) is 21.8 Å². The minimum absolute atomic E-state index is 0.169. The molecule has 0 saturated heterocycles. The molecule has 0 spiro atoms. The number of carbonyl (C=O) groups is 1. The summed E-state index contributed by atoms with van der Waals surface area (Å²) in [6.07, 6.45) is -0.246. The molecule has 112 valence electrons. The first-order chi connectivity index (χ1) is 9.25.